The summed E-state index contributed by atoms with van der Waals surface area (Å²) in [5.41, 5.74) is 0.0931. The van der Waals surface area contributed by atoms with Gasteiger partial charge in [-0.25, -0.2) is 4.68 Å². The summed E-state index contributed by atoms with van der Waals surface area (Å²) >= 11 is 5.86. The third kappa shape index (κ3) is 2.16. The van der Waals surface area contributed by atoms with Crippen molar-refractivity contribution in [1.82, 2.24) is 20.2 Å². The van der Waals surface area contributed by atoms with Crippen molar-refractivity contribution in [2.24, 2.45) is 5.41 Å². The summed E-state index contributed by atoms with van der Waals surface area (Å²) in [7, 11) is 0. The molecule has 3 rings (SSSR count). The van der Waals surface area contributed by atoms with E-state index >= 15 is 0 Å². The summed E-state index contributed by atoms with van der Waals surface area (Å²) in [5, 5.41) is 21.6. The number of hydrogen-bond acceptors (Lipinski definition) is 4. The van der Waals surface area contributed by atoms with Crippen LogP contribution < -0.4 is 0 Å². The lowest BCUT2D eigenvalue weighted by atomic mass is 9.69. The molecule has 1 aromatic heterocycles. The highest BCUT2D eigenvalue weighted by Crippen LogP contribution is 2.43. The van der Waals surface area contributed by atoms with Crippen molar-refractivity contribution in [2.45, 2.75) is 25.8 Å². The minimum atomic E-state index is -0.777. The van der Waals surface area contributed by atoms with Crippen molar-refractivity contribution in [3.8, 4) is 11.4 Å². The molecule has 1 saturated carbocycles. The van der Waals surface area contributed by atoms with Crippen LogP contribution in [0.2, 0.25) is 5.02 Å². The largest absolute Gasteiger partial charge is 0.481 e. The minimum absolute atomic E-state index is 0.299. The third-order valence-corrected chi connectivity index (χ3v) is 4.10. The molecule has 1 heterocycles. The number of hydrogen-bond donors (Lipinski definition) is 1. The maximum absolute atomic E-state index is 11.4. The fourth-order valence-electron chi connectivity index (χ4n) is 2.45. The van der Waals surface area contributed by atoms with Crippen LogP contribution in [-0.4, -0.2) is 31.3 Å². The second kappa shape index (κ2) is 4.86. The molecular weight excluding hydrogens is 280 g/mol. The topological polar surface area (TPSA) is 80.9 Å². The van der Waals surface area contributed by atoms with Gasteiger partial charge in [0.05, 0.1) is 12.0 Å². The van der Waals surface area contributed by atoms with Crippen molar-refractivity contribution in [3.63, 3.8) is 0 Å². The molecular formula is C13H13ClN4O2. The van der Waals surface area contributed by atoms with Crippen LogP contribution in [0.3, 0.4) is 0 Å². The molecule has 7 heteroatoms. The van der Waals surface area contributed by atoms with Gasteiger partial charge in [0, 0.05) is 10.6 Å². The Morgan fingerprint density at radius 2 is 2.05 bits per heavy atom. The molecule has 0 spiro atoms. The van der Waals surface area contributed by atoms with Crippen LogP contribution in [-0.2, 0) is 11.3 Å². The predicted molar refractivity (Wildman–Crippen MR) is 72.2 cm³/mol. The average molecular weight is 293 g/mol. The number of aromatic nitrogens is 4. The third-order valence-electron chi connectivity index (χ3n) is 3.85. The van der Waals surface area contributed by atoms with Gasteiger partial charge in [-0.1, -0.05) is 18.0 Å². The van der Waals surface area contributed by atoms with E-state index < -0.39 is 11.4 Å². The van der Waals surface area contributed by atoms with Gasteiger partial charge in [0.1, 0.15) is 0 Å². The molecule has 2 aromatic rings. The molecule has 1 aromatic carbocycles. The van der Waals surface area contributed by atoms with E-state index in [0.717, 1.165) is 12.0 Å². The summed E-state index contributed by atoms with van der Waals surface area (Å²) in [6, 6.07) is 7.15. The molecule has 6 nitrogen and oxygen atoms in total. The van der Waals surface area contributed by atoms with E-state index in [0.29, 0.717) is 30.2 Å². The van der Waals surface area contributed by atoms with Crippen LogP contribution in [0, 0.1) is 5.41 Å². The van der Waals surface area contributed by atoms with E-state index in [1.807, 2.05) is 12.1 Å². The fourth-order valence-corrected chi connectivity index (χ4v) is 2.57. The number of nitrogens with zero attached hydrogens (tertiary/aromatic N) is 4. The van der Waals surface area contributed by atoms with E-state index in [2.05, 4.69) is 15.5 Å². The fraction of sp³-hybridized carbons (Fsp3) is 0.385. The molecule has 1 aliphatic rings. The quantitative estimate of drug-likeness (QED) is 0.934. The molecule has 0 atom stereocenters. The maximum Gasteiger partial charge on any atom is 0.311 e. The SMILES string of the molecule is O=C(O)C1(Cn2nnnc2-c2ccc(Cl)cc2)CCC1. The van der Waals surface area contributed by atoms with Crippen molar-refractivity contribution in [3.05, 3.63) is 29.3 Å². The Hall–Kier alpha value is -1.95. The molecule has 20 heavy (non-hydrogen) atoms. The first-order valence-corrected chi connectivity index (χ1v) is 6.74. The van der Waals surface area contributed by atoms with Gasteiger partial charge in [-0.05, 0) is 47.5 Å². The first-order valence-electron chi connectivity index (χ1n) is 6.36. The molecule has 0 unspecified atom stereocenters. The summed E-state index contributed by atoms with van der Waals surface area (Å²) in [6.45, 7) is 0.299. The number of carboxylic acid groups (broad SMARTS) is 1. The van der Waals surface area contributed by atoms with Gasteiger partial charge in [0.2, 0.25) is 0 Å². The van der Waals surface area contributed by atoms with Crippen LogP contribution >= 0.6 is 11.6 Å². The normalized spacial score (nSPS) is 16.6. The zero-order valence-corrected chi connectivity index (χ0v) is 11.4. The highest BCUT2D eigenvalue weighted by molar-refractivity contribution is 6.30. The van der Waals surface area contributed by atoms with Gasteiger partial charge in [-0.3, -0.25) is 4.79 Å². The lowest BCUT2D eigenvalue weighted by molar-refractivity contribution is -0.156. The Kier molecular flexibility index (Phi) is 3.17. The van der Waals surface area contributed by atoms with Crippen molar-refractivity contribution in [1.29, 1.82) is 0 Å². The maximum atomic E-state index is 11.4. The average Bonchev–Trinajstić information content (AvgIpc) is 2.82. The second-order valence-corrected chi connectivity index (χ2v) is 5.54. The molecule has 1 fully saturated rings. The highest BCUT2D eigenvalue weighted by Gasteiger charge is 2.45. The Morgan fingerprint density at radius 3 is 2.60 bits per heavy atom. The molecule has 1 aliphatic carbocycles. The van der Waals surface area contributed by atoms with E-state index in [-0.39, 0.29) is 0 Å². The standard InChI is InChI=1S/C13H13ClN4O2/c14-10-4-2-9(3-5-10)11-15-16-17-18(11)8-13(12(19)20)6-1-7-13/h2-5H,1,6-8H2,(H,19,20). The smallest absolute Gasteiger partial charge is 0.311 e. The van der Waals surface area contributed by atoms with E-state index in [1.165, 1.54) is 0 Å². The van der Waals surface area contributed by atoms with Crippen LogP contribution in [0.5, 0.6) is 0 Å². The van der Waals surface area contributed by atoms with Crippen LogP contribution in [0.15, 0.2) is 24.3 Å². The van der Waals surface area contributed by atoms with Crippen molar-refractivity contribution < 1.29 is 9.90 Å². The van der Waals surface area contributed by atoms with Gasteiger partial charge >= 0.3 is 5.97 Å². The molecule has 1 N–H and O–H groups in total. The number of aliphatic carboxylic acids is 1. The number of benzene rings is 1. The Balaban J connectivity index is 1.91. The Labute approximate surface area is 120 Å². The lowest BCUT2D eigenvalue weighted by Crippen LogP contribution is -2.42. The summed E-state index contributed by atoms with van der Waals surface area (Å²) in [5.74, 6) is -0.213. The molecule has 0 bridgehead atoms. The van der Waals surface area contributed by atoms with Crippen LogP contribution in [0.4, 0.5) is 0 Å². The molecule has 0 radical (unpaired) electrons. The van der Waals surface area contributed by atoms with Gasteiger partial charge in [0.15, 0.2) is 5.82 Å². The first kappa shape index (κ1) is 13.1. The minimum Gasteiger partial charge on any atom is -0.481 e. The summed E-state index contributed by atoms with van der Waals surface area (Å²) < 4.78 is 1.57. The predicted octanol–water partition coefficient (Wildman–Crippen LogP) is 2.25. The monoisotopic (exact) mass is 292 g/mol. The summed E-state index contributed by atoms with van der Waals surface area (Å²) in [6.07, 6.45) is 2.27. The number of carbonyl (C=O) groups is 1. The number of halogens is 1. The highest BCUT2D eigenvalue weighted by atomic mass is 35.5. The summed E-state index contributed by atoms with van der Waals surface area (Å²) in [4.78, 5) is 11.4. The van der Waals surface area contributed by atoms with E-state index in [4.69, 9.17) is 11.6 Å². The second-order valence-electron chi connectivity index (χ2n) is 5.11. The molecule has 0 saturated heterocycles. The molecule has 0 amide bonds. The number of carboxylic acids is 1. The van der Waals surface area contributed by atoms with E-state index in [1.54, 1.807) is 16.8 Å². The van der Waals surface area contributed by atoms with Crippen LogP contribution in [0.1, 0.15) is 19.3 Å². The van der Waals surface area contributed by atoms with Gasteiger partial charge in [0.25, 0.3) is 0 Å². The van der Waals surface area contributed by atoms with Crippen molar-refractivity contribution in [2.75, 3.05) is 0 Å². The van der Waals surface area contributed by atoms with Crippen LogP contribution in [0.25, 0.3) is 11.4 Å². The van der Waals surface area contributed by atoms with Crippen molar-refractivity contribution >= 4 is 17.6 Å². The first-order chi connectivity index (χ1) is 9.61. The Morgan fingerprint density at radius 1 is 1.35 bits per heavy atom. The zero-order valence-electron chi connectivity index (χ0n) is 10.7. The van der Waals surface area contributed by atoms with Gasteiger partial charge in [-0.2, -0.15) is 0 Å². The number of tetrazole rings is 1. The number of rotatable bonds is 4. The Bertz CT molecular complexity index is 634. The lowest BCUT2D eigenvalue weighted by Gasteiger charge is -2.37. The van der Waals surface area contributed by atoms with Gasteiger partial charge in [-0.15, -0.1) is 5.10 Å². The van der Waals surface area contributed by atoms with E-state index in [9.17, 15) is 9.90 Å². The zero-order chi connectivity index (χ0) is 14.2. The molecule has 0 aliphatic heterocycles. The van der Waals surface area contributed by atoms with Gasteiger partial charge < -0.3 is 5.11 Å². The molecule has 104 valence electrons.